The number of carbonyl (C=O) groups excluding carboxylic acids is 7. The predicted molar refractivity (Wildman–Crippen MR) is 240 cm³/mol. The maximum Gasteiger partial charge on any atom is 0.326 e. The first-order valence-electron chi connectivity index (χ1n) is 21.5. The number of carboxylic acids is 1. The van der Waals surface area contributed by atoms with Crippen molar-refractivity contribution >= 4 is 59.1 Å². The zero-order valence-corrected chi connectivity index (χ0v) is 39.9. The van der Waals surface area contributed by atoms with E-state index in [1.807, 2.05) is 34.0 Å². The number of rotatable bonds is 23. The lowest BCUT2D eigenvalue weighted by Gasteiger charge is -2.37. The van der Waals surface area contributed by atoms with Gasteiger partial charge in [-0.3, -0.25) is 33.6 Å². The molecule has 1 unspecified atom stereocenters. The Labute approximate surface area is 375 Å². The minimum Gasteiger partial charge on any atom is -0.507 e. The Bertz CT molecular complexity index is 1850. The standard InChI is InChI=1S/C44H71N7O11S/c1-21(2)18-30(48-43(61)44(12)16-14-28-27(11)36(54)25(9)26(10)37(28)62-44)39(56)47-29(15-17-63-13)38(55)50-33(22(3)4)40(57)46-19-31(52)45-20-32(53)49-34(23(5)6)41(58)51-35(24(7)8)42(59)60/h21-24,29-30,33-35,54H,14-20H2,1-13H3,(H,45,52)(H,46,57)(H,47,56)(H,48,61)(H,49,53)(H,50,55)(H,51,58)(H,59,60)/t29-,30-,33-,34-,35-,44?/m0/s1. The van der Waals surface area contributed by atoms with Crippen LogP contribution in [0.3, 0.4) is 0 Å². The van der Waals surface area contributed by atoms with Gasteiger partial charge in [0.15, 0.2) is 5.60 Å². The number of hydrogen-bond donors (Lipinski definition) is 9. The highest BCUT2D eigenvalue weighted by atomic mass is 32.2. The lowest BCUT2D eigenvalue weighted by molar-refractivity contribution is -0.143. The molecule has 1 heterocycles. The molecule has 1 aliphatic rings. The van der Waals surface area contributed by atoms with Gasteiger partial charge in [0, 0.05) is 12.0 Å². The summed E-state index contributed by atoms with van der Waals surface area (Å²) in [4.78, 5) is 105. The van der Waals surface area contributed by atoms with E-state index in [4.69, 9.17) is 4.74 Å². The third kappa shape index (κ3) is 15.3. The zero-order chi connectivity index (χ0) is 48.1. The van der Waals surface area contributed by atoms with E-state index in [0.29, 0.717) is 35.5 Å². The molecular weight excluding hydrogens is 835 g/mol. The first-order valence-corrected chi connectivity index (χ1v) is 22.9. The van der Waals surface area contributed by atoms with Crippen LogP contribution < -0.4 is 42.0 Å². The van der Waals surface area contributed by atoms with E-state index in [1.165, 1.54) is 11.8 Å². The van der Waals surface area contributed by atoms with Crippen LogP contribution in [0.1, 0.15) is 104 Å². The van der Waals surface area contributed by atoms with E-state index >= 15 is 0 Å². The molecule has 1 aromatic rings. The van der Waals surface area contributed by atoms with E-state index in [1.54, 1.807) is 55.4 Å². The molecule has 1 aromatic carbocycles. The largest absolute Gasteiger partial charge is 0.507 e. The maximum atomic E-state index is 13.9. The van der Waals surface area contributed by atoms with Crippen LogP contribution in [0.15, 0.2) is 0 Å². The third-order valence-electron chi connectivity index (χ3n) is 11.2. The average molecular weight is 906 g/mol. The first kappa shape index (κ1) is 54.1. The summed E-state index contributed by atoms with van der Waals surface area (Å²) in [6.07, 6.45) is 3.08. The molecule has 18 nitrogen and oxygen atoms in total. The van der Waals surface area contributed by atoms with Crippen molar-refractivity contribution in [3.05, 3.63) is 22.3 Å². The molecule has 63 heavy (non-hydrogen) atoms. The van der Waals surface area contributed by atoms with Gasteiger partial charge in [-0.05, 0) is 99.3 Å². The molecule has 9 N–H and O–H groups in total. The number of fused-ring (bicyclic) bond motifs is 1. The summed E-state index contributed by atoms with van der Waals surface area (Å²) in [6, 6.07) is -5.48. The zero-order valence-electron chi connectivity index (χ0n) is 39.1. The van der Waals surface area contributed by atoms with Crippen LogP contribution in [0.5, 0.6) is 11.5 Å². The minimum atomic E-state index is -1.32. The molecule has 0 fully saturated rings. The van der Waals surface area contributed by atoms with Gasteiger partial charge in [-0.1, -0.05) is 55.4 Å². The molecule has 0 aliphatic carbocycles. The predicted octanol–water partition coefficient (Wildman–Crippen LogP) is 1.91. The number of benzene rings is 1. The second kappa shape index (κ2) is 24.1. The van der Waals surface area contributed by atoms with Crippen LogP contribution in [0.4, 0.5) is 0 Å². The van der Waals surface area contributed by atoms with Gasteiger partial charge in [-0.2, -0.15) is 11.8 Å². The number of aliphatic carboxylic acids is 1. The molecule has 0 spiro atoms. The van der Waals surface area contributed by atoms with E-state index in [-0.39, 0.29) is 24.5 Å². The number of carboxylic acid groups (broad SMARTS) is 1. The second-order valence-electron chi connectivity index (χ2n) is 17.9. The van der Waals surface area contributed by atoms with Crippen molar-refractivity contribution in [1.29, 1.82) is 0 Å². The highest BCUT2D eigenvalue weighted by molar-refractivity contribution is 7.98. The van der Waals surface area contributed by atoms with Crippen molar-refractivity contribution in [2.45, 2.75) is 145 Å². The molecule has 0 radical (unpaired) electrons. The number of hydrogen-bond acceptors (Lipinski definition) is 11. The lowest BCUT2D eigenvalue weighted by Crippen LogP contribution is -2.60. The number of amides is 7. The molecule has 0 bridgehead atoms. The summed E-state index contributed by atoms with van der Waals surface area (Å²) in [7, 11) is 0. The Morgan fingerprint density at radius 2 is 1.21 bits per heavy atom. The molecule has 2 rings (SSSR count). The molecule has 0 saturated heterocycles. The average Bonchev–Trinajstić information content (AvgIpc) is 3.20. The summed E-state index contributed by atoms with van der Waals surface area (Å²) in [5, 5.41) is 38.2. The molecule has 6 atom stereocenters. The number of thioether (sulfide) groups is 1. The minimum absolute atomic E-state index is 0.0250. The van der Waals surface area contributed by atoms with Gasteiger partial charge >= 0.3 is 5.97 Å². The fraction of sp³-hybridized carbons (Fsp3) is 0.682. The Balaban J connectivity index is 2.10. The van der Waals surface area contributed by atoms with Gasteiger partial charge in [-0.15, -0.1) is 0 Å². The molecule has 0 saturated carbocycles. The van der Waals surface area contributed by atoms with Crippen LogP contribution >= 0.6 is 11.8 Å². The van der Waals surface area contributed by atoms with E-state index in [2.05, 4.69) is 37.2 Å². The van der Waals surface area contributed by atoms with E-state index in [0.717, 1.165) is 11.1 Å². The van der Waals surface area contributed by atoms with Crippen molar-refractivity contribution in [2.24, 2.45) is 23.7 Å². The van der Waals surface area contributed by atoms with Gasteiger partial charge in [0.05, 0.1) is 13.1 Å². The van der Waals surface area contributed by atoms with Crippen molar-refractivity contribution in [3.8, 4) is 11.5 Å². The SMILES string of the molecule is CSCC[C@H](NC(=O)[C@H](CC(C)C)NC(=O)C1(C)CCc2c(C)c(O)c(C)c(C)c2O1)C(=O)N[C@H](C(=O)NCC(=O)NCC(=O)N[C@H](C(=O)N[C@H](C(=O)O)C(C)C)C(C)C)C(C)C. The van der Waals surface area contributed by atoms with Crippen LogP contribution in [0, 0.1) is 44.4 Å². The molecule has 19 heteroatoms. The van der Waals surface area contributed by atoms with Crippen molar-refractivity contribution in [1.82, 2.24) is 37.2 Å². The van der Waals surface area contributed by atoms with Crippen molar-refractivity contribution < 1.29 is 53.3 Å². The van der Waals surface area contributed by atoms with Gasteiger partial charge in [0.2, 0.25) is 35.4 Å². The topological polar surface area (TPSA) is 270 Å². The quantitative estimate of drug-likeness (QED) is 0.0763. The van der Waals surface area contributed by atoms with Crippen molar-refractivity contribution in [2.75, 3.05) is 25.1 Å². The summed E-state index contributed by atoms with van der Waals surface area (Å²) >= 11 is 1.45. The number of phenols is 1. The number of nitrogens with one attached hydrogen (secondary N) is 7. The van der Waals surface area contributed by atoms with Crippen LogP contribution in [0.25, 0.3) is 0 Å². The van der Waals surface area contributed by atoms with E-state index in [9.17, 15) is 48.6 Å². The number of carbonyl (C=O) groups is 8. The second-order valence-corrected chi connectivity index (χ2v) is 18.9. The smallest absolute Gasteiger partial charge is 0.326 e. The van der Waals surface area contributed by atoms with E-state index < -0.39 is 114 Å². The Hall–Kier alpha value is -5.07. The number of aromatic hydroxyl groups is 1. The molecule has 0 aromatic heterocycles. The number of ether oxygens (including phenoxy) is 1. The normalized spacial score (nSPS) is 17.0. The van der Waals surface area contributed by atoms with Crippen LogP contribution in [-0.2, 0) is 44.8 Å². The fourth-order valence-corrected chi connectivity index (χ4v) is 7.49. The van der Waals surface area contributed by atoms with Gasteiger partial charge in [0.25, 0.3) is 5.91 Å². The van der Waals surface area contributed by atoms with Gasteiger partial charge in [-0.25, -0.2) is 4.79 Å². The van der Waals surface area contributed by atoms with Crippen LogP contribution in [0.2, 0.25) is 0 Å². The molecule has 7 amide bonds. The Kier molecular flexibility index (Phi) is 20.7. The Morgan fingerprint density at radius 3 is 1.75 bits per heavy atom. The molecule has 1 aliphatic heterocycles. The maximum absolute atomic E-state index is 13.9. The number of phenolic OH excluding ortho intramolecular Hbond substituents is 1. The van der Waals surface area contributed by atoms with Crippen molar-refractivity contribution in [3.63, 3.8) is 0 Å². The van der Waals surface area contributed by atoms with Gasteiger partial charge in [0.1, 0.15) is 41.7 Å². The summed E-state index contributed by atoms with van der Waals surface area (Å²) < 4.78 is 6.35. The van der Waals surface area contributed by atoms with Crippen LogP contribution in [-0.4, -0.2) is 118 Å². The summed E-state index contributed by atoms with van der Waals surface area (Å²) in [5.41, 5.74) is 1.59. The Morgan fingerprint density at radius 1 is 0.667 bits per heavy atom. The fourth-order valence-electron chi connectivity index (χ4n) is 7.02. The monoisotopic (exact) mass is 905 g/mol. The summed E-state index contributed by atoms with van der Waals surface area (Å²) in [5.74, 6) is -5.85. The first-order chi connectivity index (χ1) is 29.3. The highest BCUT2D eigenvalue weighted by Gasteiger charge is 2.43. The summed E-state index contributed by atoms with van der Waals surface area (Å²) in [6.45, 7) is 19.8. The lowest BCUT2D eigenvalue weighted by atomic mass is 9.86. The highest BCUT2D eigenvalue weighted by Crippen LogP contribution is 2.43. The van der Waals surface area contributed by atoms with Gasteiger partial charge < -0.3 is 52.2 Å². The molecular formula is C44H71N7O11S. The molecule has 354 valence electrons. The third-order valence-corrected chi connectivity index (χ3v) is 11.8.